The SMILES string of the molecule is C1=CSC(=c2c3n[se]nc3c(=C3SC=CS3)c3n[se]nc23)S1. The number of rotatable bonds is 0. The molecule has 0 saturated heterocycles. The zero-order valence-corrected chi connectivity index (χ0v) is 17.2. The third-order valence-corrected chi connectivity index (χ3v) is 9.62. The second-order valence-corrected chi connectivity index (χ2v) is 10.7. The summed E-state index contributed by atoms with van der Waals surface area (Å²) in [6.07, 6.45) is 0. The van der Waals surface area contributed by atoms with Crippen LogP contribution in [0.4, 0.5) is 0 Å². The third kappa shape index (κ3) is 2.17. The normalized spacial score (nSPS) is 17.6. The first kappa shape index (κ1) is 14.4. The summed E-state index contributed by atoms with van der Waals surface area (Å²) >= 11 is 6.86. The average Bonchev–Trinajstić information content (AvgIpc) is 3.29. The van der Waals surface area contributed by atoms with E-state index >= 15 is 0 Å². The van der Waals surface area contributed by atoms with E-state index in [-0.39, 0.29) is 29.9 Å². The van der Waals surface area contributed by atoms with Crippen LogP contribution in [0.25, 0.3) is 30.5 Å². The maximum absolute atomic E-state index is 4.73. The number of nitrogens with zero attached hydrogens (tertiary/aromatic N) is 4. The minimum atomic E-state index is -0.0596. The molecule has 0 fully saturated rings. The topological polar surface area (TPSA) is 51.6 Å². The van der Waals surface area contributed by atoms with Gasteiger partial charge in [-0.2, -0.15) is 0 Å². The zero-order chi connectivity index (χ0) is 14.5. The fraction of sp³-hybridized carbons (Fsp3) is 0. The first-order valence-electron chi connectivity index (χ1n) is 6.05. The van der Waals surface area contributed by atoms with Crippen LogP contribution in [0.15, 0.2) is 21.6 Å². The molecule has 0 bridgehead atoms. The number of benzene rings is 1. The summed E-state index contributed by atoms with van der Waals surface area (Å²) in [5, 5.41) is 10.8. The molecule has 5 rings (SSSR count). The van der Waals surface area contributed by atoms with Crippen LogP contribution in [0.5, 0.6) is 0 Å². The molecule has 0 saturated carbocycles. The van der Waals surface area contributed by atoms with Gasteiger partial charge in [-0.1, -0.05) is 0 Å². The van der Waals surface area contributed by atoms with Crippen molar-refractivity contribution in [2.24, 2.45) is 0 Å². The van der Waals surface area contributed by atoms with Crippen molar-refractivity contribution >= 4 is 108 Å². The van der Waals surface area contributed by atoms with Crippen LogP contribution in [-0.2, 0) is 0 Å². The van der Waals surface area contributed by atoms with E-state index in [1.54, 1.807) is 47.0 Å². The molecule has 0 radical (unpaired) electrons. The van der Waals surface area contributed by atoms with Gasteiger partial charge in [0.2, 0.25) is 0 Å². The van der Waals surface area contributed by atoms with Crippen LogP contribution < -0.4 is 10.4 Å². The molecule has 0 atom stereocenters. The van der Waals surface area contributed by atoms with Crippen molar-refractivity contribution in [2.45, 2.75) is 0 Å². The first-order chi connectivity index (χ1) is 10.9. The third-order valence-electron chi connectivity index (χ3n) is 3.14. The van der Waals surface area contributed by atoms with Crippen molar-refractivity contribution in [3.63, 3.8) is 0 Å². The van der Waals surface area contributed by atoms with Gasteiger partial charge in [0.1, 0.15) is 0 Å². The minimum absolute atomic E-state index is 0.0596. The van der Waals surface area contributed by atoms with E-state index in [4.69, 9.17) is 15.9 Å². The molecule has 0 aliphatic carbocycles. The van der Waals surface area contributed by atoms with E-state index in [0.29, 0.717) is 0 Å². The Balaban J connectivity index is 2.08. The molecule has 4 heterocycles. The summed E-state index contributed by atoms with van der Waals surface area (Å²) in [4.78, 5) is 0. The van der Waals surface area contributed by atoms with Crippen LogP contribution >= 0.6 is 47.0 Å². The van der Waals surface area contributed by atoms with Crippen molar-refractivity contribution in [1.29, 1.82) is 0 Å². The van der Waals surface area contributed by atoms with Crippen molar-refractivity contribution in [1.82, 2.24) is 15.9 Å². The monoisotopic (exact) mass is 492 g/mol. The summed E-state index contributed by atoms with van der Waals surface area (Å²) < 4.78 is 21.4. The van der Waals surface area contributed by atoms with Crippen LogP contribution in [0.1, 0.15) is 0 Å². The number of aromatic nitrogens is 4. The summed E-state index contributed by atoms with van der Waals surface area (Å²) in [5.74, 6) is 0. The Hall–Kier alpha value is 0.0790. The van der Waals surface area contributed by atoms with Crippen molar-refractivity contribution in [3.05, 3.63) is 32.1 Å². The van der Waals surface area contributed by atoms with Gasteiger partial charge < -0.3 is 0 Å². The predicted molar refractivity (Wildman–Crippen MR) is 101 cm³/mol. The summed E-state index contributed by atoms with van der Waals surface area (Å²) in [6, 6.07) is 0. The van der Waals surface area contributed by atoms with E-state index in [1.165, 1.54) is 8.47 Å². The van der Waals surface area contributed by atoms with Crippen LogP contribution in [0.2, 0.25) is 0 Å². The zero-order valence-electron chi connectivity index (χ0n) is 10.5. The number of fused-ring (bicyclic) bond motifs is 2. The molecule has 0 N–H and O–H groups in total. The molecule has 108 valence electrons. The molecular formula is C12H4N4S4Se2. The Morgan fingerprint density at radius 1 is 0.545 bits per heavy atom. The number of thioether (sulfide) groups is 4. The van der Waals surface area contributed by atoms with Crippen LogP contribution in [0, 0.1) is 0 Å². The second kappa shape index (κ2) is 5.86. The van der Waals surface area contributed by atoms with Gasteiger partial charge >= 0.3 is 155 Å². The van der Waals surface area contributed by atoms with Gasteiger partial charge in [0.15, 0.2) is 0 Å². The maximum atomic E-state index is 4.73. The molecule has 1 aromatic carbocycles. The number of hydrogen-bond donors (Lipinski definition) is 0. The molecule has 22 heavy (non-hydrogen) atoms. The molecule has 0 amide bonds. The molecule has 4 nitrogen and oxygen atoms in total. The Bertz CT molecular complexity index is 937. The Kier molecular flexibility index (Phi) is 3.84. The van der Waals surface area contributed by atoms with Gasteiger partial charge in [-0.3, -0.25) is 0 Å². The van der Waals surface area contributed by atoms with Crippen molar-refractivity contribution in [3.8, 4) is 0 Å². The van der Waals surface area contributed by atoms with Gasteiger partial charge in [0.25, 0.3) is 0 Å². The average molecular weight is 490 g/mol. The van der Waals surface area contributed by atoms with Gasteiger partial charge in [-0.15, -0.1) is 0 Å². The summed E-state index contributed by atoms with van der Waals surface area (Å²) in [7, 11) is 0. The predicted octanol–water partition coefficient (Wildman–Crippen LogP) is 1.72. The molecule has 0 spiro atoms. The molecule has 2 aliphatic heterocycles. The van der Waals surface area contributed by atoms with E-state index in [2.05, 4.69) is 21.6 Å². The molecule has 10 heteroatoms. The fourth-order valence-electron chi connectivity index (χ4n) is 2.29. The van der Waals surface area contributed by atoms with Crippen LogP contribution in [-0.4, -0.2) is 45.8 Å². The van der Waals surface area contributed by atoms with Gasteiger partial charge in [0.05, 0.1) is 0 Å². The van der Waals surface area contributed by atoms with Gasteiger partial charge in [0, 0.05) is 0 Å². The molecule has 3 aromatic rings. The van der Waals surface area contributed by atoms with Crippen molar-refractivity contribution < 1.29 is 0 Å². The van der Waals surface area contributed by atoms with Crippen molar-refractivity contribution in [2.75, 3.05) is 0 Å². The standard InChI is InChI=1S/C12H4N4S4Se2/c1-2-18-11(17-1)5-7-9(15-21-13-7)6(12-19-3-4-20-12)10-8(5)14-22-16-10/h1-4H. The Labute approximate surface area is 154 Å². The fourth-order valence-corrected chi connectivity index (χ4v) is 8.38. The Morgan fingerprint density at radius 3 is 1.18 bits per heavy atom. The summed E-state index contributed by atoms with van der Waals surface area (Å²) in [5.41, 5.74) is 4.13. The second-order valence-electron chi connectivity index (χ2n) is 4.26. The van der Waals surface area contributed by atoms with Gasteiger partial charge in [-0.25, -0.2) is 0 Å². The van der Waals surface area contributed by atoms with E-state index in [0.717, 1.165) is 32.5 Å². The van der Waals surface area contributed by atoms with E-state index < -0.39 is 0 Å². The summed E-state index contributed by atoms with van der Waals surface area (Å²) in [6.45, 7) is 0. The Morgan fingerprint density at radius 2 is 0.864 bits per heavy atom. The molecule has 0 unspecified atom stereocenters. The molecule has 2 aliphatic rings. The number of hydrogen-bond acceptors (Lipinski definition) is 8. The van der Waals surface area contributed by atoms with Gasteiger partial charge in [-0.05, 0) is 0 Å². The molecule has 2 aromatic heterocycles. The first-order valence-corrected chi connectivity index (χ1v) is 12.6. The van der Waals surface area contributed by atoms with E-state index in [1.807, 2.05) is 0 Å². The molecular weight excluding hydrogens is 486 g/mol. The van der Waals surface area contributed by atoms with E-state index in [9.17, 15) is 0 Å². The quantitative estimate of drug-likeness (QED) is 0.442. The van der Waals surface area contributed by atoms with Crippen LogP contribution in [0.3, 0.4) is 0 Å².